The fourth-order valence-electron chi connectivity index (χ4n) is 1.37. The highest BCUT2D eigenvalue weighted by Crippen LogP contribution is 2.22. The van der Waals surface area contributed by atoms with E-state index in [-0.39, 0.29) is 11.7 Å². The molecule has 2 atom stereocenters. The second-order valence-electron chi connectivity index (χ2n) is 3.23. The van der Waals surface area contributed by atoms with Crippen LogP contribution in [-0.2, 0) is 4.74 Å². The van der Waals surface area contributed by atoms with Crippen LogP contribution in [0.4, 0.5) is 8.78 Å². The molecule has 0 aliphatic rings. The van der Waals surface area contributed by atoms with Crippen molar-refractivity contribution in [2.45, 2.75) is 19.1 Å². The molecule has 0 aliphatic heterocycles. The number of benzene rings is 1. The van der Waals surface area contributed by atoms with Gasteiger partial charge in [-0.05, 0) is 13.0 Å². The third-order valence-corrected chi connectivity index (χ3v) is 2.34. The Morgan fingerprint density at radius 1 is 1.40 bits per heavy atom. The fraction of sp³-hybridized carbons (Fsp3) is 0.400. The highest BCUT2D eigenvalue weighted by molar-refractivity contribution is 5.23. The highest BCUT2D eigenvalue weighted by Gasteiger charge is 2.22. The van der Waals surface area contributed by atoms with Crippen molar-refractivity contribution in [3.05, 3.63) is 35.4 Å². The number of hydrogen-bond donors (Lipinski definition) is 2. The van der Waals surface area contributed by atoms with Crippen molar-refractivity contribution in [1.29, 1.82) is 0 Å². The number of ether oxygens (including phenoxy) is 1. The van der Waals surface area contributed by atoms with Gasteiger partial charge in [0.2, 0.25) is 0 Å². The predicted molar refractivity (Wildman–Crippen MR) is 52.9 cm³/mol. The van der Waals surface area contributed by atoms with Crippen molar-refractivity contribution in [1.82, 2.24) is 5.43 Å². The van der Waals surface area contributed by atoms with Crippen LogP contribution in [0, 0.1) is 11.6 Å². The molecule has 0 radical (unpaired) electrons. The van der Waals surface area contributed by atoms with Crippen molar-refractivity contribution < 1.29 is 13.5 Å². The van der Waals surface area contributed by atoms with Crippen LogP contribution in [0.25, 0.3) is 0 Å². The molecular formula is C10H14F2N2O. The lowest BCUT2D eigenvalue weighted by atomic mass is 10.0. The molecule has 0 aliphatic carbocycles. The van der Waals surface area contributed by atoms with Gasteiger partial charge in [0.1, 0.15) is 0 Å². The zero-order valence-electron chi connectivity index (χ0n) is 8.63. The Balaban J connectivity index is 3.07. The number of nitrogens with one attached hydrogen (secondary N) is 1. The summed E-state index contributed by atoms with van der Waals surface area (Å²) < 4.78 is 31.4. The summed E-state index contributed by atoms with van der Waals surface area (Å²) in [6, 6.07) is 3.38. The van der Waals surface area contributed by atoms with E-state index in [0.717, 1.165) is 6.07 Å². The second-order valence-corrected chi connectivity index (χ2v) is 3.23. The minimum Gasteiger partial charge on any atom is -0.380 e. The summed E-state index contributed by atoms with van der Waals surface area (Å²) in [7, 11) is 1.48. The van der Waals surface area contributed by atoms with Gasteiger partial charge in [0.15, 0.2) is 11.6 Å². The van der Waals surface area contributed by atoms with Gasteiger partial charge in [-0.15, -0.1) is 0 Å². The summed E-state index contributed by atoms with van der Waals surface area (Å²) in [6.07, 6.45) is -0.355. The number of hydrogen-bond acceptors (Lipinski definition) is 3. The molecule has 3 nitrogen and oxygen atoms in total. The molecule has 1 rings (SSSR count). The van der Waals surface area contributed by atoms with Crippen molar-refractivity contribution >= 4 is 0 Å². The molecular weight excluding hydrogens is 202 g/mol. The Hall–Kier alpha value is -1.04. The molecule has 0 aromatic heterocycles. The topological polar surface area (TPSA) is 47.3 Å². The van der Waals surface area contributed by atoms with Gasteiger partial charge in [-0.3, -0.25) is 11.3 Å². The first-order valence-corrected chi connectivity index (χ1v) is 4.54. The van der Waals surface area contributed by atoms with Crippen LogP contribution in [0.2, 0.25) is 0 Å². The summed E-state index contributed by atoms with van der Waals surface area (Å²) in [4.78, 5) is 0. The summed E-state index contributed by atoms with van der Waals surface area (Å²) in [6.45, 7) is 1.72. The number of nitrogens with two attached hydrogens (primary N) is 1. The number of methoxy groups -OCH3 is 1. The van der Waals surface area contributed by atoms with E-state index in [4.69, 9.17) is 10.6 Å². The summed E-state index contributed by atoms with van der Waals surface area (Å²) in [5.74, 6) is 3.49. The molecule has 0 saturated heterocycles. The third kappa shape index (κ3) is 2.50. The van der Waals surface area contributed by atoms with E-state index in [9.17, 15) is 8.78 Å². The standard InChI is InChI=1S/C10H14F2N2O/c1-6(15-2)10(14-13)7-4-3-5-8(11)9(7)12/h3-6,10,14H,13H2,1-2H3. The lowest BCUT2D eigenvalue weighted by Gasteiger charge is -2.22. The Kier molecular flexibility index (Phi) is 4.14. The van der Waals surface area contributed by atoms with E-state index in [0.29, 0.717) is 0 Å². The molecule has 0 bridgehead atoms. The molecule has 0 amide bonds. The van der Waals surface area contributed by atoms with Crippen molar-refractivity contribution in [3.63, 3.8) is 0 Å². The van der Waals surface area contributed by atoms with Gasteiger partial charge in [-0.2, -0.15) is 0 Å². The van der Waals surface area contributed by atoms with Gasteiger partial charge in [0.25, 0.3) is 0 Å². The maximum atomic E-state index is 13.4. The monoisotopic (exact) mass is 216 g/mol. The van der Waals surface area contributed by atoms with E-state index in [1.165, 1.54) is 19.2 Å². The van der Waals surface area contributed by atoms with Crippen LogP contribution in [-0.4, -0.2) is 13.2 Å². The summed E-state index contributed by atoms with van der Waals surface area (Å²) in [5.41, 5.74) is 2.56. The average Bonchev–Trinajstić information content (AvgIpc) is 2.24. The minimum absolute atomic E-state index is 0.159. The largest absolute Gasteiger partial charge is 0.380 e. The van der Waals surface area contributed by atoms with Gasteiger partial charge < -0.3 is 4.74 Å². The fourth-order valence-corrected chi connectivity index (χ4v) is 1.37. The molecule has 5 heteroatoms. The van der Waals surface area contributed by atoms with E-state index < -0.39 is 17.7 Å². The Bertz CT molecular complexity index is 333. The molecule has 3 N–H and O–H groups in total. The van der Waals surface area contributed by atoms with Gasteiger partial charge >= 0.3 is 0 Å². The summed E-state index contributed by atoms with van der Waals surface area (Å²) >= 11 is 0. The molecule has 2 unspecified atom stereocenters. The van der Waals surface area contributed by atoms with Gasteiger partial charge in [-0.1, -0.05) is 12.1 Å². The van der Waals surface area contributed by atoms with Crippen molar-refractivity contribution in [2.24, 2.45) is 5.84 Å². The number of hydrazine groups is 1. The first-order valence-electron chi connectivity index (χ1n) is 4.54. The molecule has 84 valence electrons. The van der Waals surface area contributed by atoms with Crippen LogP contribution in [0.3, 0.4) is 0 Å². The molecule has 1 aromatic carbocycles. The Labute approximate surface area is 87.2 Å². The Morgan fingerprint density at radius 3 is 2.60 bits per heavy atom. The minimum atomic E-state index is -0.899. The zero-order chi connectivity index (χ0) is 11.4. The second kappa shape index (κ2) is 5.16. The highest BCUT2D eigenvalue weighted by atomic mass is 19.2. The van der Waals surface area contributed by atoms with Crippen molar-refractivity contribution in [2.75, 3.05) is 7.11 Å². The van der Waals surface area contributed by atoms with Crippen LogP contribution >= 0.6 is 0 Å². The van der Waals surface area contributed by atoms with Gasteiger partial charge in [-0.25, -0.2) is 8.78 Å². The average molecular weight is 216 g/mol. The van der Waals surface area contributed by atoms with Crippen LogP contribution < -0.4 is 11.3 Å². The maximum absolute atomic E-state index is 13.4. The summed E-state index contributed by atoms with van der Waals surface area (Å²) in [5, 5.41) is 0. The molecule has 0 spiro atoms. The zero-order valence-corrected chi connectivity index (χ0v) is 8.63. The first kappa shape index (κ1) is 12.0. The van der Waals surface area contributed by atoms with Crippen LogP contribution in [0.5, 0.6) is 0 Å². The normalized spacial score (nSPS) is 15.0. The van der Waals surface area contributed by atoms with Gasteiger partial charge in [0, 0.05) is 12.7 Å². The molecule has 15 heavy (non-hydrogen) atoms. The van der Waals surface area contributed by atoms with Crippen LogP contribution in [0.15, 0.2) is 18.2 Å². The van der Waals surface area contributed by atoms with E-state index in [1.54, 1.807) is 6.92 Å². The van der Waals surface area contributed by atoms with E-state index >= 15 is 0 Å². The van der Waals surface area contributed by atoms with Crippen LogP contribution in [0.1, 0.15) is 18.5 Å². The molecule has 0 heterocycles. The van der Waals surface area contributed by atoms with E-state index in [1.807, 2.05) is 0 Å². The smallest absolute Gasteiger partial charge is 0.163 e. The quantitative estimate of drug-likeness (QED) is 0.592. The van der Waals surface area contributed by atoms with Crippen molar-refractivity contribution in [3.8, 4) is 0 Å². The Morgan fingerprint density at radius 2 is 2.07 bits per heavy atom. The molecule has 1 aromatic rings. The van der Waals surface area contributed by atoms with E-state index in [2.05, 4.69) is 5.43 Å². The number of rotatable bonds is 4. The number of halogens is 2. The lowest BCUT2D eigenvalue weighted by Crippen LogP contribution is -2.36. The lowest BCUT2D eigenvalue weighted by molar-refractivity contribution is 0.0816. The SMILES string of the molecule is COC(C)C(NN)c1cccc(F)c1F. The third-order valence-electron chi connectivity index (χ3n) is 2.34. The molecule has 0 saturated carbocycles. The first-order chi connectivity index (χ1) is 7.11. The van der Waals surface area contributed by atoms with Gasteiger partial charge in [0.05, 0.1) is 12.1 Å². The molecule has 0 fully saturated rings. The predicted octanol–water partition coefficient (Wildman–Crippen LogP) is 1.50. The maximum Gasteiger partial charge on any atom is 0.163 e.